The number of thioether (sulfide) groups is 1. The molecule has 0 unspecified atom stereocenters. The highest BCUT2D eigenvalue weighted by atomic mass is 32.2. The Labute approximate surface area is 185 Å². The minimum absolute atomic E-state index is 0.0530. The number of hydrogen-bond donors (Lipinski definition) is 0. The second-order valence-electron chi connectivity index (χ2n) is 6.76. The molecule has 0 bridgehead atoms. The summed E-state index contributed by atoms with van der Waals surface area (Å²) in [7, 11) is 1.61. The van der Waals surface area contributed by atoms with Crippen molar-refractivity contribution in [2.45, 2.75) is 13.5 Å². The number of fused-ring (bicyclic) bond motifs is 1. The van der Waals surface area contributed by atoms with Crippen molar-refractivity contribution in [3.8, 4) is 11.5 Å². The van der Waals surface area contributed by atoms with Crippen LogP contribution in [0, 0.1) is 0 Å². The third kappa shape index (κ3) is 4.06. The zero-order chi connectivity index (χ0) is 21.1. The van der Waals surface area contributed by atoms with Gasteiger partial charge in [-0.25, -0.2) is 0 Å². The fourth-order valence-electron chi connectivity index (χ4n) is 3.39. The summed E-state index contributed by atoms with van der Waals surface area (Å²) < 4.78 is 12.2. The molecule has 0 spiro atoms. The number of nitrogens with zero attached hydrogens (tertiary/aromatic N) is 1. The van der Waals surface area contributed by atoms with Crippen LogP contribution in [-0.4, -0.2) is 28.8 Å². The lowest BCUT2D eigenvalue weighted by molar-refractivity contribution is -0.121. The summed E-state index contributed by atoms with van der Waals surface area (Å²) in [4.78, 5) is 14.7. The molecule has 0 aromatic heterocycles. The van der Waals surface area contributed by atoms with E-state index in [1.165, 1.54) is 22.5 Å². The molecule has 4 rings (SSSR count). The third-order valence-corrected chi connectivity index (χ3v) is 6.32. The Balaban J connectivity index is 1.55. The van der Waals surface area contributed by atoms with Gasteiger partial charge in [0.05, 0.1) is 12.0 Å². The van der Waals surface area contributed by atoms with Gasteiger partial charge in [0.1, 0.15) is 10.9 Å². The maximum absolute atomic E-state index is 12.4. The van der Waals surface area contributed by atoms with E-state index in [1.54, 1.807) is 12.0 Å². The topological polar surface area (TPSA) is 38.8 Å². The van der Waals surface area contributed by atoms with Crippen LogP contribution in [0.4, 0.5) is 0 Å². The highest BCUT2D eigenvalue weighted by molar-refractivity contribution is 8.26. The lowest BCUT2D eigenvalue weighted by atomic mass is 10.1. The van der Waals surface area contributed by atoms with Crippen LogP contribution in [0.1, 0.15) is 18.1 Å². The maximum Gasteiger partial charge on any atom is 0.266 e. The first-order valence-electron chi connectivity index (χ1n) is 9.63. The number of rotatable bonds is 6. The Bertz CT molecular complexity index is 1150. The molecule has 0 atom stereocenters. The van der Waals surface area contributed by atoms with Crippen molar-refractivity contribution in [3.05, 3.63) is 76.7 Å². The molecule has 1 aliphatic rings. The van der Waals surface area contributed by atoms with Gasteiger partial charge in [0.15, 0.2) is 11.5 Å². The fourth-order valence-corrected chi connectivity index (χ4v) is 4.78. The molecule has 0 radical (unpaired) electrons. The zero-order valence-corrected chi connectivity index (χ0v) is 18.4. The Morgan fingerprint density at radius 3 is 2.63 bits per heavy atom. The molecule has 6 heteroatoms. The number of carbonyl (C=O) groups is 1. The van der Waals surface area contributed by atoms with E-state index in [4.69, 9.17) is 21.7 Å². The molecule has 0 N–H and O–H groups in total. The van der Waals surface area contributed by atoms with E-state index < -0.39 is 0 Å². The molecule has 3 aromatic rings. The predicted molar refractivity (Wildman–Crippen MR) is 127 cm³/mol. The Morgan fingerprint density at radius 2 is 1.87 bits per heavy atom. The number of benzene rings is 3. The summed E-state index contributed by atoms with van der Waals surface area (Å²) in [6.07, 6.45) is 1.84. The van der Waals surface area contributed by atoms with E-state index in [2.05, 4.69) is 24.3 Å². The van der Waals surface area contributed by atoms with Crippen LogP contribution in [0.5, 0.6) is 11.5 Å². The van der Waals surface area contributed by atoms with Crippen LogP contribution in [0.3, 0.4) is 0 Å². The summed E-state index contributed by atoms with van der Waals surface area (Å²) >= 11 is 6.60. The van der Waals surface area contributed by atoms with Crippen molar-refractivity contribution in [2.75, 3.05) is 13.7 Å². The molecular weight excluding hydrogens is 414 g/mol. The first-order valence-corrected chi connectivity index (χ1v) is 10.9. The van der Waals surface area contributed by atoms with E-state index >= 15 is 0 Å². The highest BCUT2D eigenvalue weighted by Gasteiger charge is 2.30. The molecule has 152 valence electrons. The summed E-state index contributed by atoms with van der Waals surface area (Å²) in [5, 5.41) is 2.36. The normalized spacial score (nSPS) is 15.3. The standard InChI is InChI=1S/C24H21NO3S2/c1-3-25-23(26)22(30-24(25)29)14-16-11-12-20(21(13-16)27-2)28-15-18-9-6-8-17-7-4-5-10-19(17)18/h4-14H,3,15H2,1-2H3/b22-14+. The first-order chi connectivity index (χ1) is 14.6. The fraction of sp³-hybridized carbons (Fsp3) is 0.167. The summed E-state index contributed by atoms with van der Waals surface area (Å²) in [6.45, 7) is 2.93. The summed E-state index contributed by atoms with van der Waals surface area (Å²) in [6, 6.07) is 20.1. The molecule has 1 fully saturated rings. The minimum Gasteiger partial charge on any atom is -0.493 e. The van der Waals surface area contributed by atoms with E-state index in [0.29, 0.717) is 33.9 Å². The molecule has 0 aliphatic carbocycles. The number of carbonyl (C=O) groups excluding carboxylic acids is 1. The Morgan fingerprint density at radius 1 is 1.07 bits per heavy atom. The van der Waals surface area contributed by atoms with Crippen molar-refractivity contribution in [2.24, 2.45) is 0 Å². The van der Waals surface area contributed by atoms with Crippen LogP contribution >= 0.6 is 24.0 Å². The average Bonchev–Trinajstić information content (AvgIpc) is 3.04. The zero-order valence-electron chi connectivity index (χ0n) is 16.8. The van der Waals surface area contributed by atoms with Gasteiger partial charge in [-0.2, -0.15) is 0 Å². The molecule has 4 nitrogen and oxygen atoms in total. The van der Waals surface area contributed by atoms with Crippen LogP contribution in [0.15, 0.2) is 65.6 Å². The SMILES string of the molecule is CCN1C(=O)/C(=C\c2ccc(OCc3cccc4ccccc34)c(OC)c2)SC1=S. The van der Waals surface area contributed by atoms with E-state index in [0.717, 1.165) is 11.1 Å². The van der Waals surface area contributed by atoms with Crippen LogP contribution in [-0.2, 0) is 11.4 Å². The van der Waals surface area contributed by atoms with E-state index in [9.17, 15) is 4.79 Å². The lowest BCUT2D eigenvalue weighted by Gasteiger charge is -2.13. The largest absolute Gasteiger partial charge is 0.493 e. The quantitative estimate of drug-likeness (QED) is 0.370. The molecule has 1 amide bonds. The molecular formula is C24H21NO3S2. The minimum atomic E-state index is -0.0530. The number of thiocarbonyl (C=S) groups is 1. The van der Waals surface area contributed by atoms with E-state index in [1.807, 2.05) is 49.4 Å². The van der Waals surface area contributed by atoms with Crippen molar-refractivity contribution >= 4 is 51.1 Å². The monoisotopic (exact) mass is 435 g/mol. The lowest BCUT2D eigenvalue weighted by Crippen LogP contribution is -2.27. The number of ether oxygens (including phenoxy) is 2. The number of hydrogen-bond acceptors (Lipinski definition) is 5. The summed E-state index contributed by atoms with van der Waals surface area (Å²) in [5.74, 6) is 1.22. The highest BCUT2D eigenvalue weighted by Crippen LogP contribution is 2.35. The van der Waals surface area contributed by atoms with Crippen molar-refractivity contribution in [3.63, 3.8) is 0 Å². The van der Waals surface area contributed by atoms with Crippen molar-refractivity contribution in [1.29, 1.82) is 0 Å². The van der Waals surface area contributed by atoms with Crippen molar-refractivity contribution < 1.29 is 14.3 Å². The van der Waals surface area contributed by atoms with Crippen molar-refractivity contribution in [1.82, 2.24) is 4.90 Å². The Kier molecular flexibility index (Phi) is 6.06. The van der Waals surface area contributed by atoms with Gasteiger partial charge in [-0.3, -0.25) is 9.69 Å². The first kappa shape index (κ1) is 20.4. The van der Waals surface area contributed by atoms with Gasteiger partial charge in [0, 0.05) is 6.54 Å². The van der Waals surface area contributed by atoms with Crippen LogP contribution in [0.25, 0.3) is 16.8 Å². The number of amides is 1. The van der Waals surface area contributed by atoms with Crippen LogP contribution < -0.4 is 9.47 Å². The second-order valence-corrected chi connectivity index (χ2v) is 8.44. The average molecular weight is 436 g/mol. The van der Waals surface area contributed by atoms with Gasteiger partial charge in [0.25, 0.3) is 5.91 Å². The van der Waals surface area contributed by atoms with Gasteiger partial charge < -0.3 is 9.47 Å². The molecule has 1 saturated heterocycles. The molecule has 0 saturated carbocycles. The van der Waals surface area contributed by atoms with Crippen LogP contribution in [0.2, 0.25) is 0 Å². The maximum atomic E-state index is 12.4. The van der Waals surface area contributed by atoms with Gasteiger partial charge in [-0.05, 0) is 47.0 Å². The number of likely N-dealkylation sites (N-methyl/N-ethyl adjacent to an activating group) is 1. The molecule has 1 heterocycles. The third-order valence-electron chi connectivity index (χ3n) is 4.94. The van der Waals surface area contributed by atoms with Gasteiger partial charge >= 0.3 is 0 Å². The molecule has 1 aliphatic heterocycles. The predicted octanol–water partition coefficient (Wildman–Crippen LogP) is 5.65. The molecule has 3 aromatic carbocycles. The van der Waals surface area contributed by atoms with E-state index in [-0.39, 0.29) is 5.91 Å². The number of methoxy groups -OCH3 is 1. The second kappa shape index (κ2) is 8.90. The smallest absolute Gasteiger partial charge is 0.266 e. The summed E-state index contributed by atoms with van der Waals surface area (Å²) in [5.41, 5.74) is 1.98. The van der Waals surface area contributed by atoms with Gasteiger partial charge in [-0.15, -0.1) is 0 Å². The van der Waals surface area contributed by atoms with Gasteiger partial charge in [0.2, 0.25) is 0 Å². The molecule has 30 heavy (non-hydrogen) atoms. The Hall–Kier alpha value is -2.83. The van der Waals surface area contributed by atoms with Gasteiger partial charge in [-0.1, -0.05) is 72.5 Å².